The van der Waals surface area contributed by atoms with Crippen LogP contribution in [0.4, 0.5) is 0 Å². The van der Waals surface area contributed by atoms with Gasteiger partial charge < -0.3 is 15.2 Å². The van der Waals surface area contributed by atoms with Gasteiger partial charge in [-0.2, -0.15) is 5.10 Å². The second-order valence-electron chi connectivity index (χ2n) is 9.85. The molecular weight excluding hydrogens is 458 g/mol. The Hall–Kier alpha value is -4.14. The summed E-state index contributed by atoms with van der Waals surface area (Å²) in [6, 6.07) is 9.66. The number of esters is 1. The van der Waals surface area contributed by atoms with Gasteiger partial charge in [-0.25, -0.2) is 14.5 Å². The first kappa shape index (κ1) is 23.6. The van der Waals surface area contributed by atoms with Gasteiger partial charge in [0.25, 0.3) is 0 Å². The quantitative estimate of drug-likeness (QED) is 0.544. The van der Waals surface area contributed by atoms with Crippen LogP contribution in [-0.2, 0) is 19.1 Å². The normalized spacial score (nSPS) is 19.2. The Morgan fingerprint density at radius 3 is 2.67 bits per heavy atom. The second kappa shape index (κ2) is 8.82. The van der Waals surface area contributed by atoms with Crippen LogP contribution < -0.4 is 5.73 Å². The van der Waals surface area contributed by atoms with Crippen molar-refractivity contribution in [3.63, 3.8) is 0 Å². The standard InChI is InChI=1S/C27H29N5O4/c1-5-35-26(34)23-22(21-18(33)13-27(3,4)14-19(21)36-24(23)28)20-16(2)30-32(17-9-7-6-8-10-17)25(20)31-12-11-29-15-31/h6-12,15,22H,5,13-14,28H2,1-4H3. The summed E-state index contributed by atoms with van der Waals surface area (Å²) in [5.74, 6) is -0.397. The molecule has 36 heavy (non-hydrogen) atoms. The maximum Gasteiger partial charge on any atom is 0.340 e. The molecule has 0 radical (unpaired) electrons. The van der Waals surface area contributed by atoms with Crippen molar-refractivity contribution >= 4 is 11.8 Å². The first-order valence-corrected chi connectivity index (χ1v) is 12.0. The predicted molar refractivity (Wildman–Crippen MR) is 132 cm³/mol. The van der Waals surface area contributed by atoms with Crippen molar-refractivity contribution in [1.82, 2.24) is 19.3 Å². The lowest BCUT2D eigenvalue weighted by molar-refractivity contribution is -0.139. The number of nitrogens with two attached hydrogens (primary N) is 1. The first-order chi connectivity index (χ1) is 17.2. The number of ketones is 1. The zero-order valence-corrected chi connectivity index (χ0v) is 20.8. The third-order valence-corrected chi connectivity index (χ3v) is 6.57. The number of benzene rings is 1. The van der Waals surface area contributed by atoms with Crippen LogP contribution in [0.3, 0.4) is 0 Å². The van der Waals surface area contributed by atoms with Crippen LogP contribution in [0.5, 0.6) is 0 Å². The number of carbonyl (C=O) groups is 2. The Kier molecular flexibility index (Phi) is 5.78. The summed E-state index contributed by atoms with van der Waals surface area (Å²) in [4.78, 5) is 31.1. The van der Waals surface area contributed by atoms with E-state index in [2.05, 4.69) is 4.98 Å². The zero-order chi connectivity index (χ0) is 25.6. The molecule has 3 heterocycles. The molecule has 9 heteroatoms. The van der Waals surface area contributed by atoms with Gasteiger partial charge in [0.15, 0.2) is 5.78 Å². The molecule has 1 atom stereocenters. The van der Waals surface area contributed by atoms with E-state index in [0.717, 1.165) is 5.69 Å². The van der Waals surface area contributed by atoms with E-state index >= 15 is 0 Å². The monoisotopic (exact) mass is 487 g/mol. The maximum absolute atomic E-state index is 13.6. The first-order valence-electron chi connectivity index (χ1n) is 12.0. The lowest BCUT2D eigenvalue weighted by atomic mass is 9.70. The SMILES string of the molecule is CCOC(=O)C1=C(N)OC2=C(C(=O)CC(C)(C)C2)C1c1c(C)nn(-c2ccccc2)c1-n1ccnc1. The summed E-state index contributed by atoms with van der Waals surface area (Å²) in [5.41, 5.74) is 8.77. The van der Waals surface area contributed by atoms with E-state index in [-0.39, 0.29) is 29.3 Å². The van der Waals surface area contributed by atoms with E-state index in [1.54, 1.807) is 30.3 Å². The molecule has 186 valence electrons. The van der Waals surface area contributed by atoms with Crippen LogP contribution in [-0.4, -0.2) is 37.7 Å². The molecule has 2 N–H and O–H groups in total. The minimum Gasteiger partial charge on any atom is -0.462 e. The average Bonchev–Trinajstić information content (AvgIpc) is 3.45. The van der Waals surface area contributed by atoms with E-state index in [9.17, 15) is 9.59 Å². The highest BCUT2D eigenvalue weighted by molar-refractivity contribution is 6.04. The van der Waals surface area contributed by atoms with Gasteiger partial charge in [-0.05, 0) is 31.4 Å². The van der Waals surface area contributed by atoms with Gasteiger partial charge in [-0.3, -0.25) is 9.36 Å². The van der Waals surface area contributed by atoms with Crippen LogP contribution >= 0.6 is 0 Å². The number of ether oxygens (including phenoxy) is 2. The number of rotatable bonds is 5. The zero-order valence-electron chi connectivity index (χ0n) is 20.8. The summed E-state index contributed by atoms with van der Waals surface area (Å²) in [5, 5.41) is 4.85. The molecular formula is C27H29N5O4. The molecule has 0 saturated heterocycles. The summed E-state index contributed by atoms with van der Waals surface area (Å²) >= 11 is 0. The van der Waals surface area contributed by atoms with Gasteiger partial charge in [-0.15, -0.1) is 0 Å². The highest BCUT2D eigenvalue weighted by atomic mass is 16.5. The molecule has 0 fully saturated rings. The fraction of sp³-hybridized carbons (Fsp3) is 0.333. The van der Waals surface area contributed by atoms with Gasteiger partial charge >= 0.3 is 5.97 Å². The van der Waals surface area contributed by atoms with E-state index in [4.69, 9.17) is 20.3 Å². The largest absolute Gasteiger partial charge is 0.462 e. The lowest BCUT2D eigenvalue weighted by Gasteiger charge is -2.38. The summed E-state index contributed by atoms with van der Waals surface area (Å²) in [6.45, 7) is 7.78. The third-order valence-electron chi connectivity index (χ3n) is 6.57. The van der Waals surface area contributed by atoms with Gasteiger partial charge in [0, 0.05) is 36.4 Å². The molecule has 9 nitrogen and oxygen atoms in total. The summed E-state index contributed by atoms with van der Waals surface area (Å²) in [6.07, 6.45) is 5.98. The van der Waals surface area contributed by atoms with E-state index in [1.807, 2.05) is 55.7 Å². The van der Waals surface area contributed by atoms with Gasteiger partial charge in [0.05, 0.1) is 23.9 Å². The van der Waals surface area contributed by atoms with E-state index < -0.39 is 11.9 Å². The van der Waals surface area contributed by atoms with Crippen LogP contribution in [0, 0.1) is 12.3 Å². The maximum atomic E-state index is 13.6. The van der Waals surface area contributed by atoms with Crippen molar-refractivity contribution in [3.8, 4) is 11.5 Å². The molecule has 1 aliphatic heterocycles. The van der Waals surface area contributed by atoms with Crippen LogP contribution in [0.15, 0.2) is 71.8 Å². The average molecular weight is 488 g/mol. The highest BCUT2D eigenvalue weighted by Gasteiger charge is 2.47. The molecule has 2 aromatic heterocycles. The number of para-hydroxylation sites is 1. The van der Waals surface area contributed by atoms with E-state index in [1.165, 1.54) is 0 Å². The number of hydrogen-bond acceptors (Lipinski definition) is 7. The molecule has 1 unspecified atom stereocenters. The van der Waals surface area contributed by atoms with Gasteiger partial charge in [0.1, 0.15) is 23.5 Å². The number of nitrogens with zero attached hydrogens (tertiary/aromatic N) is 4. The predicted octanol–water partition coefficient (Wildman–Crippen LogP) is 3.86. The van der Waals surface area contributed by atoms with Gasteiger partial charge in [0.2, 0.25) is 5.88 Å². The number of aromatic nitrogens is 4. The Bertz CT molecular complexity index is 1400. The molecule has 1 aliphatic carbocycles. The fourth-order valence-corrected chi connectivity index (χ4v) is 5.13. The Morgan fingerprint density at radius 1 is 1.25 bits per heavy atom. The molecule has 1 aromatic carbocycles. The van der Waals surface area contributed by atoms with Crippen LogP contribution in [0.25, 0.3) is 11.5 Å². The molecule has 0 bridgehead atoms. The molecule has 5 rings (SSSR count). The number of allylic oxidation sites excluding steroid dienone is 2. The van der Waals surface area contributed by atoms with Crippen molar-refractivity contribution in [1.29, 1.82) is 0 Å². The summed E-state index contributed by atoms with van der Waals surface area (Å²) < 4.78 is 15.0. The molecule has 0 saturated carbocycles. The third kappa shape index (κ3) is 3.90. The Balaban J connectivity index is 1.82. The Morgan fingerprint density at radius 2 is 2.00 bits per heavy atom. The van der Waals surface area contributed by atoms with Crippen molar-refractivity contribution in [2.45, 2.75) is 46.5 Å². The minimum atomic E-state index is -0.800. The van der Waals surface area contributed by atoms with Crippen molar-refractivity contribution in [2.24, 2.45) is 11.1 Å². The van der Waals surface area contributed by atoms with Gasteiger partial charge in [-0.1, -0.05) is 32.0 Å². The smallest absolute Gasteiger partial charge is 0.340 e. The topological polar surface area (TPSA) is 114 Å². The fourth-order valence-electron chi connectivity index (χ4n) is 5.13. The number of imidazole rings is 1. The highest BCUT2D eigenvalue weighted by Crippen LogP contribution is 2.50. The number of aryl methyl sites for hydroxylation is 1. The number of carbonyl (C=O) groups excluding carboxylic acids is 2. The minimum absolute atomic E-state index is 0.0499. The van der Waals surface area contributed by atoms with E-state index in [0.29, 0.717) is 41.2 Å². The van der Waals surface area contributed by atoms with Crippen LogP contribution in [0.1, 0.15) is 50.8 Å². The lowest BCUT2D eigenvalue weighted by Crippen LogP contribution is -2.36. The second-order valence-corrected chi connectivity index (χ2v) is 9.85. The Labute approximate surface area is 209 Å². The van der Waals surface area contributed by atoms with Crippen molar-refractivity contribution in [2.75, 3.05) is 6.61 Å². The van der Waals surface area contributed by atoms with Crippen molar-refractivity contribution < 1.29 is 19.1 Å². The molecule has 0 amide bonds. The molecule has 3 aromatic rings. The van der Waals surface area contributed by atoms with Crippen LogP contribution in [0.2, 0.25) is 0 Å². The molecule has 2 aliphatic rings. The summed E-state index contributed by atoms with van der Waals surface area (Å²) in [7, 11) is 0. The van der Waals surface area contributed by atoms with Crippen molar-refractivity contribution in [3.05, 3.63) is 83.1 Å². The number of Topliss-reactive ketones (excluding diaryl/α,β-unsaturated/α-hetero) is 1. The number of hydrogen-bond donors (Lipinski definition) is 1. The molecule has 0 spiro atoms.